The SMILES string of the molecule is CC[C@@]12C[C@]3(C(=O)OC)O[C@H]1C=CN1CCc4c(n3c3ccccc43)[C@@H]12. The van der Waals surface area contributed by atoms with Crippen molar-refractivity contribution in [1.82, 2.24) is 9.47 Å². The first kappa shape index (κ1) is 14.9. The second-order valence-corrected chi connectivity index (χ2v) is 8.03. The monoisotopic (exact) mass is 350 g/mol. The van der Waals surface area contributed by atoms with Gasteiger partial charge in [0.25, 0.3) is 0 Å². The molecule has 0 N–H and O–H groups in total. The predicted octanol–water partition coefficient (Wildman–Crippen LogP) is 3.09. The summed E-state index contributed by atoms with van der Waals surface area (Å²) in [4.78, 5) is 15.6. The first-order valence-corrected chi connectivity index (χ1v) is 9.49. The van der Waals surface area contributed by atoms with Crippen LogP contribution in [0.5, 0.6) is 0 Å². The topological polar surface area (TPSA) is 43.7 Å². The standard InChI is InChI=1S/C21H22N2O3/c1-3-20-12-21(19(24)25-2)23-15-7-5-4-6-13(15)14-8-10-22(18(20)17(14)23)11-9-16(20)26-21/h4-7,9,11,16,18H,3,8,10,12H2,1-2H3/t16-,18+,20+,21+/m0/s1. The number of nitrogens with zero attached hydrogens (tertiary/aromatic N) is 2. The Morgan fingerprint density at radius 1 is 1.38 bits per heavy atom. The molecule has 1 aromatic carbocycles. The van der Waals surface area contributed by atoms with Gasteiger partial charge in [-0.1, -0.05) is 25.1 Å². The van der Waals surface area contributed by atoms with E-state index in [2.05, 4.69) is 46.9 Å². The van der Waals surface area contributed by atoms with Crippen molar-refractivity contribution < 1.29 is 14.3 Å². The summed E-state index contributed by atoms with van der Waals surface area (Å²) in [6, 6.07) is 8.68. The molecular weight excluding hydrogens is 328 g/mol. The van der Waals surface area contributed by atoms with Crippen molar-refractivity contribution in [3.63, 3.8) is 0 Å². The number of ether oxygens (including phenoxy) is 2. The van der Waals surface area contributed by atoms with Gasteiger partial charge in [-0.05, 0) is 36.7 Å². The predicted molar refractivity (Wildman–Crippen MR) is 96.4 cm³/mol. The van der Waals surface area contributed by atoms with E-state index in [4.69, 9.17) is 9.47 Å². The average molecular weight is 350 g/mol. The van der Waals surface area contributed by atoms with Crippen LogP contribution < -0.4 is 0 Å². The molecule has 0 saturated carbocycles. The molecule has 4 aliphatic heterocycles. The van der Waals surface area contributed by atoms with Crippen molar-refractivity contribution in [2.45, 2.75) is 44.1 Å². The Morgan fingerprint density at radius 2 is 2.23 bits per heavy atom. The van der Waals surface area contributed by atoms with E-state index < -0.39 is 5.72 Å². The molecule has 1 fully saturated rings. The molecule has 0 radical (unpaired) electrons. The number of para-hydroxylation sites is 1. The van der Waals surface area contributed by atoms with Crippen LogP contribution in [0.3, 0.4) is 0 Å². The average Bonchev–Trinajstić information content (AvgIpc) is 3.19. The fraction of sp³-hybridized carbons (Fsp3) is 0.476. The van der Waals surface area contributed by atoms with Crippen LogP contribution in [0.1, 0.15) is 37.1 Å². The van der Waals surface area contributed by atoms with Crippen LogP contribution >= 0.6 is 0 Å². The Labute approximate surface area is 152 Å². The highest BCUT2D eigenvalue weighted by atomic mass is 16.6. The lowest BCUT2D eigenvalue weighted by Gasteiger charge is -2.52. The number of hydrogen-bond acceptors (Lipinski definition) is 4. The first-order valence-electron chi connectivity index (χ1n) is 9.49. The Morgan fingerprint density at radius 3 is 3.04 bits per heavy atom. The number of rotatable bonds is 2. The number of aromatic nitrogens is 1. The number of carbonyl (C=O) groups is 1. The lowest BCUT2D eigenvalue weighted by Crippen LogP contribution is -2.54. The zero-order valence-corrected chi connectivity index (χ0v) is 15.1. The third-order valence-electron chi connectivity index (χ3n) is 7.21. The van der Waals surface area contributed by atoms with Gasteiger partial charge in [-0.2, -0.15) is 0 Å². The molecule has 5 nitrogen and oxygen atoms in total. The minimum Gasteiger partial charge on any atom is -0.465 e. The molecular formula is C21H22N2O3. The smallest absolute Gasteiger partial charge is 0.360 e. The van der Waals surface area contributed by atoms with E-state index >= 15 is 0 Å². The van der Waals surface area contributed by atoms with E-state index in [1.807, 2.05) is 6.07 Å². The van der Waals surface area contributed by atoms with Gasteiger partial charge in [-0.25, -0.2) is 4.79 Å². The van der Waals surface area contributed by atoms with Gasteiger partial charge in [-0.3, -0.25) is 0 Å². The van der Waals surface area contributed by atoms with Crippen molar-refractivity contribution in [2.24, 2.45) is 5.41 Å². The first-order chi connectivity index (χ1) is 12.7. The van der Waals surface area contributed by atoms with Crippen molar-refractivity contribution in [1.29, 1.82) is 0 Å². The van der Waals surface area contributed by atoms with Gasteiger partial charge in [0.1, 0.15) is 0 Å². The molecule has 6 rings (SSSR count). The number of esters is 1. The second-order valence-electron chi connectivity index (χ2n) is 8.03. The van der Waals surface area contributed by atoms with Gasteiger partial charge in [0, 0.05) is 29.5 Å². The van der Waals surface area contributed by atoms with E-state index in [1.54, 1.807) is 0 Å². The molecule has 0 amide bonds. The maximum Gasteiger partial charge on any atom is 0.360 e. The summed E-state index contributed by atoms with van der Waals surface area (Å²) >= 11 is 0. The Balaban J connectivity index is 1.79. The number of carbonyl (C=O) groups excluding carboxylic acids is 1. The third kappa shape index (κ3) is 1.36. The fourth-order valence-electron chi connectivity index (χ4n) is 6.17. The quantitative estimate of drug-likeness (QED) is 0.781. The molecule has 4 aliphatic rings. The number of fused-ring (bicyclic) bond motifs is 5. The number of benzene rings is 1. The second kappa shape index (κ2) is 4.52. The normalized spacial score (nSPS) is 35.8. The van der Waals surface area contributed by atoms with Gasteiger partial charge in [0.15, 0.2) is 0 Å². The fourth-order valence-corrected chi connectivity index (χ4v) is 6.17. The zero-order chi connectivity index (χ0) is 17.7. The summed E-state index contributed by atoms with van der Waals surface area (Å²) in [5.74, 6) is -0.285. The van der Waals surface area contributed by atoms with Crippen molar-refractivity contribution in [3.05, 3.63) is 47.8 Å². The molecule has 5 heteroatoms. The lowest BCUT2D eigenvalue weighted by atomic mass is 9.64. The highest BCUT2D eigenvalue weighted by molar-refractivity contribution is 5.90. The van der Waals surface area contributed by atoms with Crippen LogP contribution in [-0.2, 0) is 26.4 Å². The van der Waals surface area contributed by atoms with Gasteiger partial charge in [0.05, 0.1) is 24.8 Å². The third-order valence-corrected chi connectivity index (χ3v) is 7.21. The number of hydrogen-bond donors (Lipinski definition) is 0. The Hall–Kier alpha value is -2.27. The van der Waals surface area contributed by atoms with Crippen LogP contribution in [-0.4, -0.2) is 35.2 Å². The van der Waals surface area contributed by atoms with Crippen molar-refractivity contribution in [2.75, 3.05) is 13.7 Å². The molecule has 1 aromatic heterocycles. The van der Waals surface area contributed by atoms with E-state index in [9.17, 15) is 4.79 Å². The van der Waals surface area contributed by atoms with Crippen LogP contribution in [0.15, 0.2) is 36.5 Å². The summed E-state index contributed by atoms with van der Waals surface area (Å²) < 4.78 is 14.1. The zero-order valence-electron chi connectivity index (χ0n) is 15.1. The minimum absolute atomic E-state index is 0.0579. The maximum absolute atomic E-state index is 13.1. The molecule has 134 valence electrons. The summed E-state index contributed by atoms with van der Waals surface area (Å²) in [6.07, 6.45) is 6.92. The van der Waals surface area contributed by atoms with Crippen LogP contribution in [0.2, 0.25) is 0 Å². The molecule has 0 aliphatic carbocycles. The van der Waals surface area contributed by atoms with Crippen LogP contribution in [0.4, 0.5) is 0 Å². The molecule has 0 spiro atoms. The molecule has 0 unspecified atom stereocenters. The molecule has 26 heavy (non-hydrogen) atoms. The Kier molecular flexibility index (Phi) is 2.58. The minimum atomic E-state index is -1.06. The number of methoxy groups -OCH3 is 1. The van der Waals surface area contributed by atoms with Crippen LogP contribution in [0.25, 0.3) is 10.9 Å². The summed E-state index contributed by atoms with van der Waals surface area (Å²) in [5.41, 5.74) is 2.59. The molecule has 4 atom stereocenters. The van der Waals surface area contributed by atoms with Crippen molar-refractivity contribution >= 4 is 16.9 Å². The molecule has 2 bridgehead atoms. The van der Waals surface area contributed by atoms with Gasteiger partial charge in [-0.15, -0.1) is 0 Å². The van der Waals surface area contributed by atoms with Gasteiger partial charge < -0.3 is 18.9 Å². The highest BCUT2D eigenvalue weighted by Crippen LogP contribution is 2.66. The summed E-state index contributed by atoms with van der Waals surface area (Å²) in [7, 11) is 1.47. The van der Waals surface area contributed by atoms with Crippen molar-refractivity contribution in [3.8, 4) is 0 Å². The summed E-state index contributed by atoms with van der Waals surface area (Å²) in [6.45, 7) is 3.25. The maximum atomic E-state index is 13.1. The molecule has 2 aromatic rings. The highest BCUT2D eigenvalue weighted by Gasteiger charge is 2.70. The molecule has 1 saturated heterocycles. The lowest BCUT2D eigenvalue weighted by molar-refractivity contribution is -0.180. The summed E-state index contributed by atoms with van der Waals surface area (Å²) in [5, 5.41) is 1.25. The van der Waals surface area contributed by atoms with Gasteiger partial charge >= 0.3 is 5.97 Å². The van der Waals surface area contributed by atoms with E-state index in [0.29, 0.717) is 6.42 Å². The van der Waals surface area contributed by atoms with E-state index in [-0.39, 0.29) is 23.5 Å². The largest absolute Gasteiger partial charge is 0.465 e. The Bertz CT molecular complexity index is 993. The van der Waals surface area contributed by atoms with Crippen LogP contribution in [0, 0.1) is 5.41 Å². The molecule has 5 heterocycles. The van der Waals surface area contributed by atoms with E-state index in [1.165, 1.54) is 23.8 Å². The van der Waals surface area contributed by atoms with Gasteiger partial charge in [0.2, 0.25) is 5.72 Å². The van der Waals surface area contributed by atoms with E-state index in [0.717, 1.165) is 24.9 Å².